The van der Waals surface area contributed by atoms with Gasteiger partial charge < -0.3 is 53.4 Å². The lowest BCUT2D eigenvalue weighted by molar-refractivity contribution is -0.167. The van der Waals surface area contributed by atoms with E-state index in [1.807, 2.05) is 245 Å². The number of rotatable bonds is 26. The van der Waals surface area contributed by atoms with Gasteiger partial charge in [0.25, 0.3) is 0 Å². The summed E-state index contributed by atoms with van der Waals surface area (Å²) in [6, 6.07) is 46.7. The van der Waals surface area contributed by atoms with E-state index in [2.05, 4.69) is 32.3 Å². The molecule has 15 aromatic rings. The second-order valence-corrected chi connectivity index (χ2v) is 44.2. The summed E-state index contributed by atoms with van der Waals surface area (Å²) in [7, 11) is 5.67. The SMILES string of the molecule is CCOC(=O)[C@@H](OC(C)(C)C)c1c(C)cc2nc(-c3ccc4c(c3)c(N3CCN(CCN5CCOCC5)C3=O)nn4C)sc2c1-c1ccc(Cl)cc1.CCOC(=O)[C@@H](OC(C)(C)C)c1c(C)cc2nc(-c3ccc4c(c3)c(N3CCNC3=O)nn4C)sc2c1-c1ccc(Cl)cc1.Cc1cc2nc(-c3ccc4c(c3)c(N3CCN(CCN5CCOCC5)C3=O)nn4C)sc2c(-c2ccc(Cl)cc2)c1[C@H](OC(C)(C)C)C(=O)O. The lowest BCUT2D eigenvalue weighted by atomic mass is 9.91. The highest BCUT2D eigenvalue weighted by atomic mass is 35.5. The van der Waals surface area contributed by atoms with Gasteiger partial charge in [0.1, 0.15) is 15.0 Å². The van der Waals surface area contributed by atoms with Gasteiger partial charge in [-0.1, -0.05) is 71.2 Å². The molecule has 0 spiro atoms. The largest absolute Gasteiger partial charge is 0.479 e. The maximum atomic E-state index is 13.7. The molecular weight excluding hydrogens is 1970 g/mol. The van der Waals surface area contributed by atoms with E-state index in [1.165, 1.54) is 11.3 Å². The summed E-state index contributed by atoms with van der Waals surface area (Å²) in [6.07, 6.45) is -3.10. The van der Waals surface area contributed by atoms with Gasteiger partial charge in [0.05, 0.1) is 104 Å². The second kappa shape index (κ2) is 43.0. The molecule has 6 aromatic heterocycles. The summed E-state index contributed by atoms with van der Waals surface area (Å²) in [4.78, 5) is 109. The lowest BCUT2D eigenvalue weighted by Gasteiger charge is -2.29. The van der Waals surface area contributed by atoms with Crippen molar-refractivity contribution in [1.82, 2.24) is 69.2 Å². The molecule has 2 N–H and O–H groups in total. The Morgan fingerprint density at radius 1 is 0.411 bits per heavy atom. The first kappa shape index (κ1) is 104. The molecular formula is C109H120Cl3N17O14S3. The van der Waals surface area contributed by atoms with Crippen molar-refractivity contribution in [1.29, 1.82) is 0 Å². The fourth-order valence-electron chi connectivity index (χ4n) is 19.5. The zero-order valence-electron chi connectivity index (χ0n) is 85.0. The van der Waals surface area contributed by atoms with Gasteiger partial charge in [-0.2, -0.15) is 15.3 Å². The van der Waals surface area contributed by atoms with Crippen LogP contribution in [0.5, 0.6) is 0 Å². The number of morpholine rings is 2. The van der Waals surface area contributed by atoms with Crippen molar-refractivity contribution >= 4 is 186 Å². The number of nitrogens with one attached hydrogen (secondary N) is 1. The lowest BCUT2D eigenvalue weighted by Crippen LogP contribution is -2.42. The Morgan fingerprint density at radius 2 is 0.719 bits per heavy atom. The summed E-state index contributed by atoms with van der Waals surface area (Å²) in [5.74, 6) is -0.0372. The molecule has 5 aliphatic rings. The number of carbonyl (C=O) groups excluding carboxylic acids is 5. The van der Waals surface area contributed by atoms with Crippen LogP contribution in [0.25, 0.3) is 128 Å². The van der Waals surface area contributed by atoms with Crippen molar-refractivity contribution in [3.05, 3.63) is 194 Å². The fraction of sp³-hybridized carbons (Fsp3) is 0.394. The number of aliphatic carboxylic acids is 1. The van der Waals surface area contributed by atoms with Gasteiger partial charge in [-0.3, -0.25) is 38.5 Å². The Kier molecular flexibility index (Phi) is 30.6. The first-order chi connectivity index (χ1) is 69.7. The van der Waals surface area contributed by atoms with Crippen LogP contribution >= 0.6 is 68.8 Å². The highest BCUT2D eigenvalue weighted by Crippen LogP contribution is 2.51. The number of amides is 6. The van der Waals surface area contributed by atoms with E-state index in [4.69, 9.17) is 93.1 Å². The third kappa shape index (κ3) is 22.1. The van der Waals surface area contributed by atoms with E-state index in [9.17, 15) is 33.9 Å². The molecule has 146 heavy (non-hydrogen) atoms. The van der Waals surface area contributed by atoms with Gasteiger partial charge in [-0.15, -0.1) is 34.0 Å². The summed E-state index contributed by atoms with van der Waals surface area (Å²) < 4.78 is 49.2. The van der Waals surface area contributed by atoms with Crippen LogP contribution in [-0.4, -0.2) is 253 Å². The van der Waals surface area contributed by atoms with E-state index in [0.29, 0.717) is 90.4 Å². The van der Waals surface area contributed by atoms with Gasteiger partial charge >= 0.3 is 36.0 Å². The number of hydrogen-bond acceptors (Lipinski definition) is 24. The van der Waals surface area contributed by atoms with Crippen LogP contribution in [0.2, 0.25) is 15.1 Å². The molecule has 5 aliphatic heterocycles. The number of aromatic nitrogens is 9. The quantitative estimate of drug-likeness (QED) is 0.0476. The predicted molar refractivity (Wildman–Crippen MR) is 579 cm³/mol. The summed E-state index contributed by atoms with van der Waals surface area (Å²) in [6.45, 7) is 40.1. The van der Waals surface area contributed by atoms with E-state index >= 15 is 0 Å². The number of carboxylic acid groups (broad SMARTS) is 1. The maximum absolute atomic E-state index is 13.7. The van der Waals surface area contributed by atoms with Gasteiger partial charge in [0.2, 0.25) is 0 Å². The van der Waals surface area contributed by atoms with Gasteiger partial charge in [0, 0.05) is 194 Å². The maximum Gasteiger partial charge on any atom is 0.339 e. The van der Waals surface area contributed by atoms with Crippen molar-refractivity contribution in [3.63, 3.8) is 0 Å². The fourth-order valence-corrected chi connectivity index (χ4v) is 23.2. The number of ether oxygens (including phenoxy) is 7. The van der Waals surface area contributed by atoms with E-state index < -0.39 is 53.0 Å². The second-order valence-electron chi connectivity index (χ2n) is 39.9. The number of fused-ring (bicyclic) bond motifs is 6. The van der Waals surface area contributed by atoms with Gasteiger partial charge in [-0.25, -0.2) is 43.7 Å². The van der Waals surface area contributed by atoms with Gasteiger partial charge in [0.15, 0.2) is 35.8 Å². The number of nitrogens with zero attached hydrogens (tertiary/aromatic N) is 16. The van der Waals surface area contributed by atoms with Crippen molar-refractivity contribution < 1.29 is 67.0 Å². The minimum Gasteiger partial charge on any atom is -0.479 e. The first-order valence-corrected chi connectivity index (χ1v) is 52.7. The van der Waals surface area contributed by atoms with Crippen LogP contribution in [0.4, 0.5) is 31.8 Å². The zero-order chi connectivity index (χ0) is 103. The summed E-state index contributed by atoms with van der Waals surface area (Å²) >= 11 is 23.5. The van der Waals surface area contributed by atoms with Crippen LogP contribution in [0.1, 0.15) is 128 Å². The van der Waals surface area contributed by atoms with Crippen LogP contribution in [0.15, 0.2) is 146 Å². The molecule has 31 nitrogen and oxygen atoms in total. The number of urea groups is 3. The summed E-state index contributed by atoms with van der Waals surface area (Å²) in [5, 5.41) is 34.4. The number of esters is 2. The van der Waals surface area contributed by atoms with Crippen molar-refractivity contribution in [3.8, 4) is 65.1 Å². The van der Waals surface area contributed by atoms with Crippen molar-refractivity contribution in [2.45, 2.75) is 132 Å². The smallest absolute Gasteiger partial charge is 0.339 e. The average molecular weight is 2090 g/mol. The highest BCUT2D eigenvalue weighted by Gasteiger charge is 2.41. The van der Waals surface area contributed by atoms with E-state index in [1.54, 1.807) is 68.0 Å². The molecule has 0 aliphatic carbocycles. The number of thiazole rings is 3. The Hall–Kier alpha value is -12.1. The van der Waals surface area contributed by atoms with Crippen LogP contribution < -0.4 is 20.0 Å². The number of carbonyl (C=O) groups is 6. The normalized spacial score (nSPS) is 15.9. The topological polar surface area (TPSA) is 314 Å². The third-order valence-electron chi connectivity index (χ3n) is 26.2. The molecule has 0 saturated carbocycles. The Bertz CT molecular complexity index is 7500. The molecule has 0 unspecified atom stereocenters. The Morgan fingerprint density at radius 3 is 1.02 bits per heavy atom. The van der Waals surface area contributed by atoms with Crippen LogP contribution in [0.3, 0.4) is 0 Å². The Labute approximate surface area is 874 Å². The van der Waals surface area contributed by atoms with Crippen molar-refractivity contribution in [2.24, 2.45) is 21.1 Å². The molecule has 11 heterocycles. The molecule has 6 amide bonds. The molecule has 20 rings (SSSR count). The molecule has 5 saturated heterocycles. The minimum atomic E-state index is -1.20. The standard InChI is InChI=1S/C39H45ClN6O5S.C37H41ClN6O5S.C33H34ClN5O4S/c1-7-50-37(47)33(51-39(3,4)5)31-24(2)22-29-34(32(31)25-8-11-27(40)12-9-25)52-36(41-29)26-10-13-30-28(23-26)35(42-43(30)6)46-17-16-45(38(46)48)15-14-44-18-20-49-21-19-44;1-22-20-27-32(30(23-6-9-25(38)10-7-23)29(22)31(35(45)46)49-37(2,3)4)50-34(39-27)24-8-11-28-26(21-24)33(40-41(28)5)44-15-14-43(36(44)47)13-12-42-16-18-48-19-17-42;1-7-42-31(40)27(43-33(3,4)5)25-18(2)16-23-28(26(25)19-8-11-21(34)12-9-19)44-30(36-23)20-10-13-24-22(17-20)29(37-38(24)6)39-15-14-35-32(39)41/h8-13,22-23,33H,7,14-21H2,1-6H3;6-11,20-21,31H,12-19H2,1-5H3,(H,45,46);8-13,16-17,27H,7,14-15H2,1-6H3,(H,35,41)/t33-;31-;27-/m000/s1. The molecule has 0 bridgehead atoms. The summed E-state index contributed by atoms with van der Waals surface area (Å²) in [5.41, 5.74) is 15.6. The number of carboxylic acids is 1. The van der Waals surface area contributed by atoms with Crippen LogP contribution in [0, 0.1) is 20.8 Å². The number of aryl methyl sites for hydroxylation is 6. The Balaban J connectivity index is 0.000000144. The van der Waals surface area contributed by atoms with E-state index in [0.717, 1.165) is 222 Å². The average Bonchev–Trinajstić information content (AvgIpc) is 1.56. The van der Waals surface area contributed by atoms with Gasteiger partial charge in [-0.05, 0) is 240 Å². The zero-order valence-corrected chi connectivity index (χ0v) is 89.7. The number of halogens is 3. The molecule has 37 heteroatoms. The molecule has 5 fully saturated rings. The highest BCUT2D eigenvalue weighted by molar-refractivity contribution is 7.23. The van der Waals surface area contributed by atoms with Crippen molar-refractivity contribution in [2.75, 3.05) is 146 Å². The minimum absolute atomic E-state index is 0.0251. The molecule has 764 valence electrons. The first-order valence-electron chi connectivity index (χ1n) is 49.1. The molecule has 0 radical (unpaired) electrons. The number of benzene rings is 9. The van der Waals surface area contributed by atoms with Crippen LogP contribution in [-0.2, 0) is 68.7 Å². The molecule has 3 atom stereocenters. The monoisotopic (exact) mass is 2090 g/mol. The van der Waals surface area contributed by atoms with E-state index in [-0.39, 0.29) is 31.3 Å². The molecule has 9 aromatic carbocycles. The predicted octanol–water partition coefficient (Wildman–Crippen LogP) is 21.9. The number of anilines is 3. The number of hydrogen-bond donors (Lipinski definition) is 2. The third-order valence-corrected chi connectivity index (χ3v) is 30.4.